The highest BCUT2D eigenvalue weighted by molar-refractivity contribution is 7.07. The van der Waals surface area contributed by atoms with E-state index >= 15 is 0 Å². The van der Waals surface area contributed by atoms with Crippen LogP contribution < -0.4 is 4.90 Å². The molecule has 25 heavy (non-hydrogen) atoms. The molecule has 0 N–H and O–H groups in total. The molecule has 0 radical (unpaired) electrons. The fourth-order valence-corrected chi connectivity index (χ4v) is 3.48. The summed E-state index contributed by atoms with van der Waals surface area (Å²) in [5.41, 5.74) is 1.85. The number of nitro benzene ring substituents is 1. The van der Waals surface area contributed by atoms with E-state index in [2.05, 4.69) is 0 Å². The third kappa shape index (κ3) is 3.97. The Balaban J connectivity index is 1.83. The minimum Gasteiger partial charge on any atom is -0.378 e. The average Bonchev–Trinajstić information content (AvgIpc) is 3.14. The van der Waals surface area contributed by atoms with E-state index in [9.17, 15) is 14.9 Å². The van der Waals surface area contributed by atoms with Crippen LogP contribution in [0.3, 0.4) is 0 Å². The van der Waals surface area contributed by atoms with E-state index in [0.29, 0.717) is 44.1 Å². The van der Waals surface area contributed by atoms with Crippen LogP contribution in [-0.4, -0.2) is 49.1 Å². The van der Waals surface area contributed by atoms with Gasteiger partial charge in [0.2, 0.25) is 0 Å². The molecular weight excluding hydrogens is 342 g/mol. The van der Waals surface area contributed by atoms with Gasteiger partial charge < -0.3 is 14.5 Å². The summed E-state index contributed by atoms with van der Waals surface area (Å²) >= 11 is 1.57. The zero-order valence-corrected chi connectivity index (χ0v) is 14.7. The van der Waals surface area contributed by atoms with Gasteiger partial charge in [0, 0.05) is 38.3 Å². The molecule has 1 amide bonds. The molecule has 0 spiro atoms. The van der Waals surface area contributed by atoms with Crippen molar-refractivity contribution in [2.24, 2.45) is 0 Å². The number of morpholine rings is 1. The molecule has 0 unspecified atom stereocenters. The molecule has 1 aromatic heterocycles. The summed E-state index contributed by atoms with van der Waals surface area (Å²) in [5.74, 6) is -0.233. The highest BCUT2D eigenvalue weighted by Crippen LogP contribution is 2.30. The van der Waals surface area contributed by atoms with Crippen molar-refractivity contribution < 1.29 is 14.5 Å². The fourth-order valence-electron chi connectivity index (χ4n) is 2.82. The van der Waals surface area contributed by atoms with Gasteiger partial charge in [0.1, 0.15) is 5.69 Å². The smallest absolute Gasteiger partial charge is 0.293 e. The fraction of sp³-hybridized carbons (Fsp3) is 0.353. The number of amides is 1. The van der Waals surface area contributed by atoms with E-state index in [1.54, 1.807) is 35.4 Å². The van der Waals surface area contributed by atoms with Gasteiger partial charge in [-0.05, 0) is 34.5 Å². The molecule has 1 saturated heterocycles. The Bertz CT molecular complexity index is 757. The molecule has 2 heterocycles. The van der Waals surface area contributed by atoms with E-state index in [-0.39, 0.29) is 11.6 Å². The van der Waals surface area contributed by atoms with Gasteiger partial charge in [-0.1, -0.05) is 0 Å². The van der Waals surface area contributed by atoms with Crippen molar-refractivity contribution in [2.75, 3.05) is 38.3 Å². The zero-order valence-electron chi connectivity index (χ0n) is 13.9. The van der Waals surface area contributed by atoms with Crippen LogP contribution in [0.2, 0.25) is 0 Å². The van der Waals surface area contributed by atoms with Crippen LogP contribution >= 0.6 is 11.3 Å². The summed E-state index contributed by atoms with van der Waals surface area (Å²) in [4.78, 5) is 27.2. The molecule has 3 rings (SSSR count). The molecule has 1 aromatic carbocycles. The summed E-state index contributed by atoms with van der Waals surface area (Å²) < 4.78 is 5.29. The van der Waals surface area contributed by atoms with Crippen molar-refractivity contribution in [3.8, 4) is 0 Å². The zero-order chi connectivity index (χ0) is 17.8. The SMILES string of the molecule is CN(Cc1ccsc1)C(=O)c1ccc(N2CCOCC2)c([N+](=O)[O-])c1. The van der Waals surface area contributed by atoms with Crippen LogP contribution in [-0.2, 0) is 11.3 Å². The second kappa shape index (κ2) is 7.62. The molecule has 1 aliphatic rings. The molecule has 0 bridgehead atoms. The monoisotopic (exact) mass is 361 g/mol. The molecule has 132 valence electrons. The van der Waals surface area contributed by atoms with Crippen LogP contribution in [0, 0.1) is 10.1 Å². The number of rotatable bonds is 5. The largest absolute Gasteiger partial charge is 0.378 e. The van der Waals surface area contributed by atoms with Crippen LogP contribution in [0.1, 0.15) is 15.9 Å². The van der Waals surface area contributed by atoms with Gasteiger partial charge >= 0.3 is 0 Å². The quantitative estimate of drug-likeness (QED) is 0.605. The number of nitro groups is 1. The second-order valence-electron chi connectivity index (χ2n) is 5.85. The first-order valence-electron chi connectivity index (χ1n) is 7.94. The summed E-state index contributed by atoms with van der Waals surface area (Å²) in [6, 6.07) is 6.65. The highest BCUT2D eigenvalue weighted by Gasteiger charge is 2.24. The van der Waals surface area contributed by atoms with Crippen molar-refractivity contribution >= 4 is 28.6 Å². The second-order valence-corrected chi connectivity index (χ2v) is 6.63. The maximum atomic E-state index is 12.6. The Morgan fingerprint density at radius 2 is 2.12 bits per heavy atom. The van der Waals surface area contributed by atoms with Crippen molar-refractivity contribution in [3.05, 3.63) is 56.3 Å². The van der Waals surface area contributed by atoms with Gasteiger partial charge in [0.25, 0.3) is 11.6 Å². The third-order valence-electron chi connectivity index (χ3n) is 4.12. The van der Waals surface area contributed by atoms with Crippen molar-refractivity contribution in [1.82, 2.24) is 4.90 Å². The number of thiophene rings is 1. The minimum absolute atomic E-state index is 0.0447. The van der Waals surface area contributed by atoms with Crippen molar-refractivity contribution in [1.29, 1.82) is 0 Å². The Hall–Kier alpha value is -2.45. The lowest BCUT2D eigenvalue weighted by Crippen LogP contribution is -2.36. The number of ether oxygens (including phenoxy) is 1. The molecule has 7 nitrogen and oxygen atoms in total. The Morgan fingerprint density at radius 1 is 1.36 bits per heavy atom. The predicted octanol–water partition coefficient (Wildman–Crippen LogP) is 2.77. The van der Waals surface area contributed by atoms with E-state index in [0.717, 1.165) is 5.56 Å². The Labute approximate surface area is 149 Å². The maximum absolute atomic E-state index is 12.6. The molecule has 1 fully saturated rings. The first kappa shape index (κ1) is 17.4. The van der Waals surface area contributed by atoms with E-state index in [4.69, 9.17) is 4.74 Å². The van der Waals surface area contributed by atoms with Gasteiger partial charge in [0.15, 0.2) is 0 Å². The normalized spacial score (nSPS) is 14.4. The molecule has 2 aromatic rings. The van der Waals surface area contributed by atoms with Crippen molar-refractivity contribution in [3.63, 3.8) is 0 Å². The van der Waals surface area contributed by atoms with Crippen molar-refractivity contribution in [2.45, 2.75) is 6.54 Å². The van der Waals surface area contributed by atoms with Gasteiger partial charge in [-0.15, -0.1) is 0 Å². The molecule has 0 saturated carbocycles. The van der Waals surface area contributed by atoms with Crippen LogP contribution in [0.4, 0.5) is 11.4 Å². The number of carbonyl (C=O) groups is 1. The van der Waals surface area contributed by atoms with E-state index < -0.39 is 4.92 Å². The summed E-state index contributed by atoms with van der Waals surface area (Å²) in [5, 5.41) is 15.4. The first-order valence-corrected chi connectivity index (χ1v) is 8.88. The molecule has 8 heteroatoms. The predicted molar refractivity (Wildman–Crippen MR) is 96.2 cm³/mol. The lowest BCUT2D eigenvalue weighted by molar-refractivity contribution is -0.384. The number of hydrogen-bond acceptors (Lipinski definition) is 6. The first-order chi connectivity index (χ1) is 12.1. The average molecular weight is 361 g/mol. The van der Waals surface area contributed by atoms with Crippen LogP contribution in [0.25, 0.3) is 0 Å². The van der Waals surface area contributed by atoms with E-state index in [1.807, 2.05) is 21.7 Å². The number of benzene rings is 1. The molecule has 1 aliphatic heterocycles. The van der Waals surface area contributed by atoms with Gasteiger partial charge in [-0.2, -0.15) is 11.3 Å². The Morgan fingerprint density at radius 3 is 2.76 bits per heavy atom. The molecule has 0 atom stereocenters. The number of anilines is 1. The van der Waals surface area contributed by atoms with Gasteiger partial charge in [-0.25, -0.2) is 0 Å². The molecule has 0 aliphatic carbocycles. The summed E-state index contributed by atoms with van der Waals surface area (Å²) in [7, 11) is 1.70. The minimum atomic E-state index is -0.430. The highest BCUT2D eigenvalue weighted by atomic mass is 32.1. The number of carbonyl (C=O) groups excluding carboxylic acids is 1. The Kier molecular flexibility index (Phi) is 5.30. The number of hydrogen-bond donors (Lipinski definition) is 0. The van der Waals surface area contributed by atoms with Crippen LogP contribution in [0.15, 0.2) is 35.0 Å². The van der Waals surface area contributed by atoms with Gasteiger partial charge in [0.05, 0.1) is 18.1 Å². The third-order valence-corrected chi connectivity index (χ3v) is 4.85. The lowest BCUT2D eigenvalue weighted by atomic mass is 10.1. The molecular formula is C17H19N3O4S. The standard InChI is InChI=1S/C17H19N3O4S/c1-18(11-13-4-9-25-12-13)17(21)14-2-3-15(16(10-14)20(22)23)19-5-7-24-8-6-19/h2-4,9-10,12H,5-8,11H2,1H3. The number of nitrogens with zero attached hydrogens (tertiary/aromatic N) is 3. The van der Waals surface area contributed by atoms with E-state index in [1.165, 1.54) is 6.07 Å². The summed E-state index contributed by atoms with van der Waals surface area (Å²) in [6.45, 7) is 2.77. The van der Waals surface area contributed by atoms with Gasteiger partial charge in [-0.3, -0.25) is 14.9 Å². The topological polar surface area (TPSA) is 75.9 Å². The summed E-state index contributed by atoms with van der Waals surface area (Å²) in [6.07, 6.45) is 0. The lowest BCUT2D eigenvalue weighted by Gasteiger charge is -2.28. The maximum Gasteiger partial charge on any atom is 0.293 e. The van der Waals surface area contributed by atoms with Crippen LogP contribution in [0.5, 0.6) is 0 Å².